The number of fused-ring (bicyclic) bond motifs is 1. The van der Waals surface area contributed by atoms with E-state index in [0.717, 1.165) is 22.5 Å². The van der Waals surface area contributed by atoms with Crippen LogP contribution < -0.4 is 10.1 Å². The standard InChI is InChI=1S/C23H22N8O/c1-16-7-5-8-17(13-16)14-24-21-12-6-9-18(25-21)15-32-23-26-19-10-3-4-11-20(19)31(23)22-27-28-29-30(22)2/h3-13H,14-15H2,1-2H3,(H,24,25). The van der Waals surface area contributed by atoms with E-state index in [1.807, 2.05) is 42.5 Å². The molecule has 0 saturated carbocycles. The van der Waals surface area contributed by atoms with Gasteiger partial charge in [0.2, 0.25) is 0 Å². The van der Waals surface area contributed by atoms with Gasteiger partial charge in [-0.25, -0.2) is 14.2 Å². The van der Waals surface area contributed by atoms with Gasteiger partial charge in [0.05, 0.1) is 16.7 Å². The van der Waals surface area contributed by atoms with Gasteiger partial charge in [0.25, 0.3) is 5.95 Å². The molecule has 32 heavy (non-hydrogen) atoms. The SMILES string of the molecule is Cc1cccc(CNc2cccc(COc3nc4ccccc4n3-c3nnnn3C)n2)c1. The minimum absolute atomic E-state index is 0.258. The lowest BCUT2D eigenvalue weighted by molar-refractivity contribution is 0.272. The fourth-order valence-electron chi connectivity index (χ4n) is 3.52. The van der Waals surface area contributed by atoms with Crippen LogP contribution in [0.3, 0.4) is 0 Å². The lowest BCUT2D eigenvalue weighted by atomic mass is 10.1. The highest BCUT2D eigenvalue weighted by atomic mass is 16.5. The van der Waals surface area contributed by atoms with Crippen LogP contribution in [0.5, 0.6) is 6.01 Å². The highest BCUT2D eigenvalue weighted by Crippen LogP contribution is 2.25. The van der Waals surface area contributed by atoms with Crippen LogP contribution in [0.1, 0.15) is 16.8 Å². The zero-order chi connectivity index (χ0) is 21.9. The molecule has 1 N–H and O–H groups in total. The largest absolute Gasteiger partial charge is 0.458 e. The minimum atomic E-state index is 0.258. The second kappa shape index (κ2) is 8.46. The smallest absolute Gasteiger partial charge is 0.305 e. The number of para-hydroxylation sites is 2. The van der Waals surface area contributed by atoms with Gasteiger partial charge in [-0.05, 0) is 47.2 Å². The Balaban J connectivity index is 1.35. The van der Waals surface area contributed by atoms with E-state index in [-0.39, 0.29) is 6.61 Å². The van der Waals surface area contributed by atoms with Gasteiger partial charge in [0.1, 0.15) is 12.4 Å². The molecule has 0 radical (unpaired) electrons. The molecule has 3 heterocycles. The van der Waals surface area contributed by atoms with Crippen LogP contribution >= 0.6 is 0 Å². The van der Waals surface area contributed by atoms with Crippen LogP contribution in [0.2, 0.25) is 0 Å². The zero-order valence-corrected chi connectivity index (χ0v) is 17.8. The van der Waals surface area contributed by atoms with Crippen molar-refractivity contribution in [3.8, 4) is 12.0 Å². The molecule has 5 aromatic rings. The monoisotopic (exact) mass is 426 g/mol. The first kappa shape index (κ1) is 19.7. The molecule has 0 saturated heterocycles. The fourth-order valence-corrected chi connectivity index (χ4v) is 3.52. The van der Waals surface area contributed by atoms with Crippen molar-refractivity contribution >= 4 is 16.9 Å². The quantitative estimate of drug-likeness (QED) is 0.426. The zero-order valence-electron chi connectivity index (χ0n) is 17.8. The highest BCUT2D eigenvalue weighted by Gasteiger charge is 2.18. The number of imidazole rings is 1. The first-order chi connectivity index (χ1) is 15.7. The molecule has 0 unspecified atom stereocenters. The van der Waals surface area contributed by atoms with Crippen LogP contribution in [0.15, 0.2) is 66.7 Å². The second-order valence-corrected chi connectivity index (χ2v) is 7.47. The van der Waals surface area contributed by atoms with E-state index in [0.29, 0.717) is 18.5 Å². The summed E-state index contributed by atoms with van der Waals surface area (Å²) in [6.45, 7) is 3.05. The van der Waals surface area contributed by atoms with Crippen molar-refractivity contribution in [1.29, 1.82) is 0 Å². The van der Waals surface area contributed by atoms with Crippen molar-refractivity contribution in [2.75, 3.05) is 5.32 Å². The Morgan fingerprint density at radius 1 is 0.969 bits per heavy atom. The average Bonchev–Trinajstić information content (AvgIpc) is 3.39. The molecule has 0 amide bonds. The third-order valence-corrected chi connectivity index (χ3v) is 5.04. The summed E-state index contributed by atoms with van der Waals surface area (Å²) in [7, 11) is 1.78. The van der Waals surface area contributed by atoms with E-state index in [4.69, 9.17) is 4.74 Å². The summed E-state index contributed by atoms with van der Waals surface area (Å²) in [6.07, 6.45) is 0. The fraction of sp³-hybridized carbons (Fsp3) is 0.174. The van der Waals surface area contributed by atoms with E-state index in [9.17, 15) is 0 Å². The summed E-state index contributed by atoms with van der Waals surface area (Å²) in [6, 6.07) is 22.4. The maximum Gasteiger partial charge on any atom is 0.305 e. The van der Waals surface area contributed by atoms with E-state index in [1.54, 1.807) is 16.3 Å². The van der Waals surface area contributed by atoms with Crippen LogP contribution in [-0.2, 0) is 20.2 Å². The number of anilines is 1. The molecule has 3 aromatic heterocycles. The number of hydrogen-bond acceptors (Lipinski definition) is 7. The number of tetrazole rings is 1. The first-order valence-electron chi connectivity index (χ1n) is 10.3. The molecule has 0 aliphatic carbocycles. The second-order valence-electron chi connectivity index (χ2n) is 7.47. The summed E-state index contributed by atoms with van der Waals surface area (Å²) in [4.78, 5) is 9.29. The van der Waals surface area contributed by atoms with Crippen LogP contribution in [-0.4, -0.2) is 34.7 Å². The Bertz CT molecular complexity index is 1370. The van der Waals surface area contributed by atoms with E-state index < -0.39 is 0 Å². The number of aromatic nitrogens is 7. The Labute approximate surface area is 184 Å². The van der Waals surface area contributed by atoms with Crippen molar-refractivity contribution in [2.45, 2.75) is 20.1 Å². The molecule has 9 heteroatoms. The molecule has 160 valence electrons. The first-order valence-corrected chi connectivity index (χ1v) is 10.3. The molecule has 0 aliphatic rings. The molecule has 2 aromatic carbocycles. The maximum atomic E-state index is 6.07. The molecule has 0 spiro atoms. The summed E-state index contributed by atoms with van der Waals surface area (Å²) >= 11 is 0. The topological polar surface area (TPSA) is 95.6 Å². The van der Waals surface area contributed by atoms with Crippen molar-refractivity contribution in [3.63, 3.8) is 0 Å². The normalized spacial score (nSPS) is 11.1. The lowest BCUT2D eigenvalue weighted by Gasteiger charge is -2.10. The third-order valence-electron chi connectivity index (χ3n) is 5.04. The van der Waals surface area contributed by atoms with Gasteiger partial charge in [-0.1, -0.05) is 53.1 Å². The van der Waals surface area contributed by atoms with Gasteiger partial charge in [-0.15, -0.1) is 0 Å². The highest BCUT2D eigenvalue weighted by molar-refractivity contribution is 5.78. The summed E-state index contributed by atoms with van der Waals surface area (Å²) < 4.78 is 9.45. The molecule has 0 fully saturated rings. The molecular formula is C23H22N8O. The van der Waals surface area contributed by atoms with Crippen LogP contribution in [0, 0.1) is 6.92 Å². The Kier molecular flexibility index (Phi) is 5.20. The van der Waals surface area contributed by atoms with Crippen molar-refractivity contribution in [3.05, 3.63) is 83.6 Å². The lowest BCUT2D eigenvalue weighted by Crippen LogP contribution is -2.09. The molecular weight excluding hydrogens is 404 g/mol. The maximum absolute atomic E-state index is 6.07. The van der Waals surface area contributed by atoms with E-state index in [1.165, 1.54) is 11.1 Å². The van der Waals surface area contributed by atoms with Gasteiger partial charge >= 0.3 is 6.01 Å². The predicted molar refractivity (Wildman–Crippen MR) is 121 cm³/mol. The number of rotatable bonds is 7. The van der Waals surface area contributed by atoms with Crippen molar-refractivity contribution in [2.24, 2.45) is 7.05 Å². The van der Waals surface area contributed by atoms with E-state index >= 15 is 0 Å². The van der Waals surface area contributed by atoms with Crippen LogP contribution in [0.4, 0.5) is 5.82 Å². The summed E-state index contributed by atoms with van der Waals surface area (Å²) in [5.74, 6) is 1.31. The molecule has 9 nitrogen and oxygen atoms in total. The molecule has 0 aliphatic heterocycles. The summed E-state index contributed by atoms with van der Waals surface area (Å²) in [5.41, 5.74) is 4.89. The van der Waals surface area contributed by atoms with Gasteiger partial charge in [0.15, 0.2) is 0 Å². The van der Waals surface area contributed by atoms with Crippen LogP contribution in [0.25, 0.3) is 17.0 Å². The Morgan fingerprint density at radius 2 is 1.84 bits per heavy atom. The molecule has 5 rings (SSSR count). The number of pyridine rings is 1. The van der Waals surface area contributed by atoms with Crippen molar-refractivity contribution in [1.82, 2.24) is 34.7 Å². The number of nitrogens with zero attached hydrogens (tertiary/aromatic N) is 7. The predicted octanol–water partition coefficient (Wildman–Crippen LogP) is 3.44. The molecule has 0 atom stereocenters. The van der Waals surface area contributed by atoms with Gasteiger partial charge in [-0.3, -0.25) is 0 Å². The van der Waals surface area contributed by atoms with Gasteiger partial charge in [0, 0.05) is 13.6 Å². The van der Waals surface area contributed by atoms with E-state index in [2.05, 4.69) is 62.0 Å². The summed E-state index contributed by atoms with van der Waals surface area (Å²) in [5, 5.41) is 15.2. The number of aryl methyl sites for hydroxylation is 2. The number of hydrogen-bond donors (Lipinski definition) is 1. The molecule has 0 bridgehead atoms. The third kappa shape index (κ3) is 4.00. The Morgan fingerprint density at radius 3 is 2.69 bits per heavy atom. The minimum Gasteiger partial charge on any atom is -0.458 e. The average molecular weight is 426 g/mol. The number of ether oxygens (including phenoxy) is 1. The number of nitrogens with one attached hydrogen (secondary N) is 1. The number of benzene rings is 2. The Hall–Kier alpha value is -4.27. The van der Waals surface area contributed by atoms with Crippen molar-refractivity contribution < 1.29 is 4.74 Å². The van der Waals surface area contributed by atoms with Gasteiger partial charge in [-0.2, -0.15) is 4.98 Å². The van der Waals surface area contributed by atoms with Gasteiger partial charge < -0.3 is 10.1 Å².